The Bertz CT molecular complexity index is 1450. The summed E-state index contributed by atoms with van der Waals surface area (Å²) in [6, 6.07) is 1.19. The summed E-state index contributed by atoms with van der Waals surface area (Å²) in [6.45, 7) is 2.76. The Kier molecular flexibility index (Phi) is 8.81. The zero-order chi connectivity index (χ0) is 30.2. The van der Waals surface area contributed by atoms with E-state index in [0.29, 0.717) is 59.3 Å². The predicted octanol–water partition coefficient (Wildman–Crippen LogP) is 5.95. The number of nitrogens with zero attached hydrogens (tertiary/aromatic N) is 5. The minimum absolute atomic E-state index is 0.000200. The van der Waals surface area contributed by atoms with Crippen molar-refractivity contribution in [2.75, 3.05) is 24.5 Å². The maximum absolute atomic E-state index is 14.6. The normalized spacial score (nSPS) is 18.5. The fraction of sp³-hybridized carbons (Fsp3) is 0.464. The fourth-order valence-electron chi connectivity index (χ4n) is 5.37. The number of Topliss-reactive ketones (excluding diaryl/α,β-unsaturated/α-hetero) is 1. The lowest BCUT2D eigenvalue weighted by Crippen LogP contribution is -2.40. The smallest absolute Gasteiger partial charge is 0.404 e. The van der Waals surface area contributed by atoms with Crippen LogP contribution < -0.4 is 4.90 Å². The molecule has 0 saturated carbocycles. The topological polar surface area (TPSA) is 99.5 Å². The molecule has 0 aliphatic carbocycles. The van der Waals surface area contributed by atoms with E-state index in [4.69, 9.17) is 11.6 Å². The van der Waals surface area contributed by atoms with Gasteiger partial charge in [-0.1, -0.05) is 11.6 Å². The Morgan fingerprint density at radius 2 is 1.86 bits per heavy atom. The van der Waals surface area contributed by atoms with Crippen LogP contribution in [0.3, 0.4) is 0 Å². The van der Waals surface area contributed by atoms with Crippen LogP contribution in [0.4, 0.5) is 23.4 Å². The number of hydrogen-bond acceptors (Lipinski definition) is 8. The van der Waals surface area contributed by atoms with E-state index in [0.717, 1.165) is 11.3 Å². The van der Waals surface area contributed by atoms with E-state index in [-0.39, 0.29) is 53.9 Å². The third-order valence-corrected chi connectivity index (χ3v) is 9.22. The first-order valence-electron chi connectivity index (χ1n) is 13.5. The second-order valence-electron chi connectivity index (χ2n) is 10.6. The molecule has 0 amide bonds. The van der Waals surface area contributed by atoms with E-state index in [2.05, 4.69) is 15.0 Å². The van der Waals surface area contributed by atoms with Gasteiger partial charge < -0.3 is 10.0 Å². The van der Waals surface area contributed by atoms with Gasteiger partial charge in [0, 0.05) is 40.7 Å². The van der Waals surface area contributed by atoms with Crippen LogP contribution in [0.2, 0.25) is 5.02 Å². The summed E-state index contributed by atoms with van der Waals surface area (Å²) >= 11 is 7.32. The standard InChI is InChI=1S/C28H28ClF4N5O3S/c1-15-18(29)9-17(10-19(15)30)26-22(14-38-6-2-3-23(38)28(31,32)33)42-25(36-26)11-21(39)20-12-35-24(13-34-20)37-7-4-16(5-8-37)27(40)41/h9-10,12-13,16,23H,2-8,11,14H2,1H3,(H,40,41)/t23-/m0/s1. The number of hydrogen-bond donors (Lipinski definition) is 1. The molecule has 5 rings (SSSR count). The first-order chi connectivity index (χ1) is 19.9. The van der Waals surface area contributed by atoms with Gasteiger partial charge in [-0.2, -0.15) is 13.2 Å². The molecule has 3 aromatic rings. The Hall–Kier alpha value is -3.16. The number of likely N-dealkylation sites (tertiary alicyclic amines) is 1. The number of halogens is 5. The number of carbonyl (C=O) groups is 2. The number of rotatable bonds is 8. The summed E-state index contributed by atoms with van der Waals surface area (Å²) in [4.78, 5) is 41.2. The lowest BCUT2D eigenvalue weighted by molar-refractivity contribution is -0.177. The predicted molar refractivity (Wildman–Crippen MR) is 149 cm³/mol. The number of alkyl halides is 3. The minimum atomic E-state index is -4.38. The van der Waals surface area contributed by atoms with Gasteiger partial charge in [0.25, 0.3) is 0 Å². The average molecular weight is 626 g/mol. The molecule has 1 atom stereocenters. The number of thiazole rings is 1. The molecular formula is C28H28ClF4N5O3S. The zero-order valence-corrected chi connectivity index (χ0v) is 24.2. The second kappa shape index (κ2) is 12.2. The van der Waals surface area contributed by atoms with Crippen molar-refractivity contribution in [3.8, 4) is 11.3 Å². The fourth-order valence-corrected chi connectivity index (χ4v) is 6.70. The number of carboxylic acids is 1. The molecule has 0 spiro atoms. The van der Waals surface area contributed by atoms with Crippen LogP contribution in [0.5, 0.6) is 0 Å². The van der Waals surface area contributed by atoms with E-state index in [1.807, 2.05) is 4.90 Å². The highest BCUT2D eigenvalue weighted by Gasteiger charge is 2.46. The number of aliphatic carboxylic acids is 1. The number of benzene rings is 1. The number of carboxylic acid groups (broad SMARTS) is 1. The summed E-state index contributed by atoms with van der Waals surface area (Å²) in [5.41, 5.74) is 0.963. The van der Waals surface area contributed by atoms with Crippen LogP contribution in [0.25, 0.3) is 11.3 Å². The summed E-state index contributed by atoms with van der Waals surface area (Å²) < 4.78 is 55.5. The van der Waals surface area contributed by atoms with E-state index in [1.165, 1.54) is 36.4 Å². The summed E-state index contributed by atoms with van der Waals surface area (Å²) in [5, 5.41) is 9.71. The number of piperidine rings is 1. The number of anilines is 1. The highest BCUT2D eigenvalue weighted by Crippen LogP contribution is 2.38. The van der Waals surface area contributed by atoms with Crippen LogP contribution in [-0.2, 0) is 17.8 Å². The van der Waals surface area contributed by atoms with E-state index >= 15 is 0 Å². The van der Waals surface area contributed by atoms with Crippen LogP contribution in [0, 0.1) is 18.7 Å². The van der Waals surface area contributed by atoms with Crippen LogP contribution >= 0.6 is 22.9 Å². The van der Waals surface area contributed by atoms with Crippen molar-refractivity contribution in [3.05, 3.63) is 56.5 Å². The first kappa shape index (κ1) is 30.3. The van der Waals surface area contributed by atoms with Crippen LogP contribution in [-0.4, -0.2) is 68.6 Å². The molecule has 1 N–H and O–H groups in total. The van der Waals surface area contributed by atoms with Crippen LogP contribution in [0.1, 0.15) is 51.6 Å². The molecule has 0 bridgehead atoms. The Labute approximate surface area is 248 Å². The van der Waals surface area contributed by atoms with Gasteiger partial charge >= 0.3 is 12.1 Å². The molecule has 2 aliphatic heterocycles. The average Bonchev–Trinajstić information content (AvgIpc) is 3.59. The van der Waals surface area contributed by atoms with Gasteiger partial charge in [-0.3, -0.25) is 14.5 Å². The summed E-state index contributed by atoms with van der Waals surface area (Å²) in [6.07, 6.45) is -0.344. The molecule has 2 saturated heterocycles. The van der Waals surface area contributed by atoms with E-state index < -0.39 is 24.0 Å². The van der Waals surface area contributed by atoms with E-state index in [9.17, 15) is 32.3 Å². The van der Waals surface area contributed by atoms with Crippen molar-refractivity contribution >= 4 is 40.5 Å². The van der Waals surface area contributed by atoms with Crippen LogP contribution in [0.15, 0.2) is 24.5 Å². The van der Waals surface area contributed by atoms with Crippen molar-refractivity contribution in [1.82, 2.24) is 19.9 Å². The minimum Gasteiger partial charge on any atom is -0.481 e. The highest BCUT2D eigenvalue weighted by molar-refractivity contribution is 7.12. The van der Waals surface area contributed by atoms with Gasteiger partial charge in [0.2, 0.25) is 0 Å². The van der Waals surface area contributed by atoms with Gasteiger partial charge in [0.1, 0.15) is 28.4 Å². The molecule has 2 fully saturated rings. The SMILES string of the molecule is Cc1c(F)cc(-c2nc(CC(=O)c3cnc(N4CCC(C(=O)O)CC4)cn3)sc2CN2CCC[C@H]2C(F)(F)F)cc1Cl. The summed E-state index contributed by atoms with van der Waals surface area (Å²) in [7, 11) is 0. The van der Waals surface area contributed by atoms with Crippen molar-refractivity contribution in [2.45, 2.75) is 57.8 Å². The first-order valence-corrected chi connectivity index (χ1v) is 14.7. The lowest BCUT2D eigenvalue weighted by Gasteiger charge is -2.30. The molecule has 224 valence electrons. The largest absolute Gasteiger partial charge is 0.481 e. The molecule has 2 aliphatic rings. The molecule has 2 aromatic heterocycles. The van der Waals surface area contributed by atoms with Gasteiger partial charge in [0.05, 0.1) is 30.4 Å². The molecule has 0 unspecified atom stereocenters. The van der Waals surface area contributed by atoms with Gasteiger partial charge in [0.15, 0.2) is 5.78 Å². The monoisotopic (exact) mass is 625 g/mol. The third-order valence-electron chi connectivity index (χ3n) is 7.79. The molecular weight excluding hydrogens is 598 g/mol. The van der Waals surface area contributed by atoms with E-state index in [1.54, 1.807) is 0 Å². The maximum Gasteiger partial charge on any atom is 0.404 e. The molecule has 0 radical (unpaired) electrons. The number of ketones is 1. The van der Waals surface area contributed by atoms with Gasteiger partial charge in [-0.25, -0.2) is 19.3 Å². The van der Waals surface area contributed by atoms with Gasteiger partial charge in [-0.05, 0) is 51.3 Å². The number of carbonyl (C=O) groups excluding carboxylic acids is 1. The Morgan fingerprint density at radius 1 is 1.12 bits per heavy atom. The Balaban J connectivity index is 1.36. The third kappa shape index (κ3) is 6.57. The molecule has 42 heavy (non-hydrogen) atoms. The zero-order valence-electron chi connectivity index (χ0n) is 22.6. The summed E-state index contributed by atoms with van der Waals surface area (Å²) in [5.74, 6) is -1.61. The highest BCUT2D eigenvalue weighted by atomic mass is 35.5. The van der Waals surface area contributed by atoms with Crippen molar-refractivity contribution < 1.29 is 32.3 Å². The maximum atomic E-state index is 14.6. The molecule has 8 nitrogen and oxygen atoms in total. The second-order valence-corrected chi connectivity index (χ2v) is 12.1. The number of aromatic nitrogens is 3. The quantitative estimate of drug-likeness (QED) is 0.242. The molecule has 1 aromatic carbocycles. The molecule has 14 heteroatoms. The van der Waals surface area contributed by atoms with Crippen molar-refractivity contribution in [1.29, 1.82) is 0 Å². The van der Waals surface area contributed by atoms with Crippen molar-refractivity contribution in [3.63, 3.8) is 0 Å². The van der Waals surface area contributed by atoms with Crippen molar-refractivity contribution in [2.24, 2.45) is 5.92 Å². The Morgan fingerprint density at radius 3 is 2.48 bits per heavy atom. The molecule has 4 heterocycles. The lowest BCUT2D eigenvalue weighted by atomic mass is 9.97. The van der Waals surface area contributed by atoms with Gasteiger partial charge in [-0.15, -0.1) is 11.3 Å².